The van der Waals surface area contributed by atoms with E-state index < -0.39 is 11.2 Å². The van der Waals surface area contributed by atoms with E-state index in [2.05, 4.69) is 60.0 Å². The Balaban J connectivity index is 1.74. The van der Waals surface area contributed by atoms with Gasteiger partial charge in [-0.3, -0.25) is 4.98 Å². The summed E-state index contributed by atoms with van der Waals surface area (Å²) in [5.74, 6) is 1.37. The fraction of sp³-hybridized carbons (Fsp3) is 0.519. The zero-order valence-electron chi connectivity index (χ0n) is 21.3. The highest BCUT2D eigenvalue weighted by Gasteiger charge is 2.55. The summed E-state index contributed by atoms with van der Waals surface area (Å²) >= 11 is 0. The Hall–Kier alpha value is -2.61. The van der Waals surface area contributed by atoms with Crippen LogP contribution in [0.4, 0.5) is 0 Å². The lowest BCUT2D eigenvalue weighted by Crippen LogP contribution is -2.63. The summed E-state index contributed by atoms with van der Waals surface area (Å²) in [5, 5.41) is 16.6. The van der Waals surface area contributed by atoms with Gasteiger partial charge in [0, 0.05) is 49.1 Å². The van der Waals surface area contributed by atoms with Crippen molar-refractivity contribution in [1.82, 2.24) is 20.0 Å². The maximum absolute atomic E-state index is 12.4. The molecule has 4 rings (SSSR count). The fourth-order valence-electron chi connectivity index (χ4n) is 4.99. The van der Waals surface area contributed by atoms with Crippen LogP contribution < -0.4 is 0 Å². The lowest BCUT2D eigenvalue weighted by molar-refractivity contribution is -0.127. The van der Waals surface area contributed by atoms with Crippen LogP contribution >= 0.6 is 0 Å². The van der Waals surface area contributed by atoms with Crippen LogP contribution in [0.2, 0.25) is 0 Å². The Bertz CT molecular complexity index is 1130. The highest BCUT2D eigenvalue weighted by atomic mass is 16.5. The van der Waals surface area contributed by atoms with Crippen LogP contribution in [0.5, 0.6) is 0 Å². The third kappa shape index (κ3) is 4.40. The molecule has 7 heteroatoms. The first kappa shape index (κ1) is 24.5. The van der Waals surface area contributed by atoms with Crippen molar-refractivity contribution in [2.45, 2.75) is 58.2 Å². The summed E-state index contributed by atoms with van der Waals surface area (Å²) in [6, 6.07) is 10.2. The Kier molecular flexibility index (Phi) is 6.40. The average Bonchev–Trinajstić information content (AvgIpc) is 3.25. The number of hydrogen-bond donors (Lipinski definition) is 1. The summed E-state index contributed by atoms with van der Waals surface area (Å²) in [6.45, 7) is 12.0. The van der Waals surface area contributed by atoms with Gasteiger partial charge in [-0.15, -0.1) is 0 Å². The number of aromatic nitrogens is 3. The monoisotopic (exact) mass is 464 g/mol. The molecule has 1 fully saturated rings. The molecule has 7 nitrogen and oxygen atoms in total. The molecule has 1 aliphatic heterocycles. The van der Waals surface area contributed by atoms with E-state index in [0.29, 0.717) is 29.6 Å². The van der Waals surface area contributed by atoms with Gasteiger partial charge in [0.1, 0.15) is 5.60 Å². The Morgan fingerprint density at radius 2 is 1.82 bits per heavy atom. The van der Waals surface area contributed by atoms with Crippen LogP contribution in [0.15, 0.2) is 47.2 Å². The Labute approximate surface area is 202 Å². The van der Waals surface area contributed by atoms with E-state index in [1.807, 2.05) is 32.0 Å². The number of rotatable bonds is 8. The number of likely N-dealkylation sites (tertiary alicyclic amines) is 1. The van der Waals surface area contributed by atoms with Gasteiger partial charge >= 0.3 is 0 Å². The smallest absolute Gasteiger partial charge is 0.229 e. The van der Waals surface area contributed by atoms with Gasteiger partial charge < -0.3 is 19.3 Å². The van der Waals surface area contributed by atoms with E-state index in [1.54, 1.807) is 19.5 Å². The van der Waals surface area contributed by atoms with Crippen molar-refractivity contribution >= 4 is 0 Å². The molecule has 0 unspecified atom stereocenters. The largest absolute Gasteiger partial charge is 0.380 e. The van der Waals surface area contributed by atoms with Crippen molar-refractivity contribution in [3.8, 4) is 11.4 Å². The molecule has 182 valence electrons. The van der Waals surface area contributed by atoms with E-state index in [0.717, 1.165) is 24.2 Å². The zero-order valence-corrected chi connectivity index (χ0v) is 21.3. The summed E-state index contributed by atoms with van der Waals surface area (Å²) < 4.78 is 11.0. The molecule has 0 spiro atoms. The number of aliphatic hydroxyl groups is 1. The topological polar surface area (TPSA) is 84.5 Å². The molecule has 34 heavy (non-hydrogen) atoms. The molecular formula is C27H36N4O3. The second-order valence-corrected chi connectivity index (χ2v) is 10.8. The highest BCUT2D eigenvalue weighted by molar-refractivity contribution is 5.56. The second-order valence-electron chi connectivity index (χ2n) is 10.8. The fourth-order valence-corrected chi connectivity index (χ4v) is 4.99. The summed E-state index contributed by atoms with van der Waals surface area (Å²) in [7, 11) is 3.73. The molecule has 1 aliphatic rings. The van der Waals surface area contributed by atoms with Gasteiger partial charge in [-0.05, 0) is 44.0 Å². The molecule has 0 radical (unpaired) electrons. The molecule has 0 saturated carbocycles. The second kappa shape index (κ2) is 8.87. The number of benzene rings is 1. The molecule has 0 amide bonds. The van der Waals surface area contributed by atoms with Crippen LogP contribution in [0.3, 0.4) is 0 Å². The van der Waals surface area contributed by atoms with Crippen molar-refractivity contribution in [1.29, 1.82) is 0 Å². The molecule has 1 N–H and O–H groups in total. The van der Waals surface area contributed by atoms with E-state index in [1.165, 1.54) is 5.56 Å². The van der Waals surface area contributed by atoms with E-state index in [4.69, 9.17) is 9.26 Å². The predicted octanol–water partition coefficient (Wildman–Crippen LogP) is 4.41. The van der Waals surface area contributed by atoms with E-state index in [-0.39, 0.29) is 5.41 Å². The Morgan fingerprint density at radius 1 is 1.15 bits per heavy atom. The lowest BCUT2D eigenvalue weighted by atomic mass is 9.62. The molecular weight excluding hydrogens is 428 g/mol. The van der Waals surface area contributed by atoms with Crippen LogP contribution in [-0.2, 0) is 16.8 Å². The number of ether oxygens (including phenoxy) is 1. The molecule has 1 aromatic carbocycles. The minimum atomic E-state index is -1.22. The van der Waals surface area contributed by atoms with Gasteiger partial charge in [0.2, 0.25) is 11.7 Å². The van der Waals surface area contributed by atoms with Crippen molar-refractivity contribution in [3.63, 3.8) is 0 Å². The number of nitrogens with zero attached hydrogens (tertiary/aromatic N) is 4. The van der Waals surface area contributed by atoms with Crippen molar-refractivity contribution in [3.05, 3.63) is 65.3 Å². The molecule has 3 heterocycles. The lowest BCUT2D eigenvalue weighted by Gasteiger charge is -2.55. The molecule has 0 aliphatic carbocycles. The van der Waals surface area contributed by atoms with Gasteiger partial charge in [-0.25, -0.2) is 0 Å². The normalized spacial score (nSPS) is 18.0. The van der Waals surface area contributed by atoms with Crippen LogP contribution in [0, 0.1) is 5.41 Å². The van der Waals surface area contributed by atoms with E-state index >= 15 is 0 Å². The first-order valence-electron chi connectivity index (χ1n) is 11.8. The number of hydrogen-bond acceptors (Lipinski definition) is 7. The van der Waals surface area contributed by atoms with Crippen LogP contribution in [0.25, 0.3) is 11.4 Å². The first-order chi connectivity index (χ1) is 16.0. The summed E-state index contributed by atoms with van der Waals surface area (Å²) in [4.78, 5) is 11.2. The SMILES string of the molecule is COC(C)(C)Cc1nc(-c2cncc([C@@](O)(c3ccc(C(C)C)cc3)C3(C)CN(C)C3)c2)no1. The van der Waals surface area contributed by atoms with Crippen molar-refractivity contribution < 1.29 is 14.4 Å². The molecule has 1 atom stereocenters. The molecule has 3 aromatic rings. The minimum Gasteiger partial charge on any atom is -0.380 e. The minimum absolute atomic E-state index is 0.369. The van der Waals surface area contributed by atoms with Crippen molar-refractivity contribution in [2.75, 3.05) is 27.2 Å². The molecule has 1 saturated heterocycles. The standard InChI is InChI=1S/C27H36N4O3/c1-18(2)19-8-10-21(11-9-19)27(32,26(5)16-31(6)17-26)22-12-20(14-28-15-22)24-29-23(34-30-24)13-25(3,4)33-7/h8-12,14-15,18,32H,13,16-17H2,1-7H3/t27-/m0/s1. The van der Waals surface area contributed by atoms with Gasteiger partial charge in [0.15, 0.2) is 0 Å². The number of methoxy groups -OCH3 is 1. The molecule has 0 bridgehead atoms. The maximum Gasteiger partial charge on any atom is 0.229 e. The highest BCUT2D eigenvalue weighted by Crippen LogP contribution is 2.50. The van der Waals surface area contributed by atoms with Gasteiger partial charge in [0.25, 0.3) is 0 Å². The average molecular weight is 465 g/mol. The molecule has 2 aromatic heterocycles. The third-order valence-electron chi connectivity index (χ3n) is 7.12. The predicted molar refractivity (Wildman–Crippen MR) is 131 cm³/mol. The number of pyridine rings is 1. The van der Waals surface area contributed by atoms with E-state index in [9.17, 15) is 5.11 Å². The Morgan fingerprint density at radius 3 is 2.41 bits per heavy atom. The zero-order chi connectivity index (χ0) is 24.7. The van der Waals surface area contributed by atoms with Gasteiger partial charge in [-0.1, -0.05) is 50.2 Å². The van der Waals surface area contributed by atoms with Gasteiger partial charge in [0.05, 0.1) is 12.0 Å². The summed E-state index contributed by atoms with van der Waals surface area (Å²) in [6.07, 6.45) is 3.95. The first-order valence-corrected chi connectivity index (χ1v) is 11.8. The summed E-state index contributed by atoms with van der Waals surface area (Å²) in [5.41, 5.74) is 1.54. The third-order valence-corrected chi connectivity index (χ3v) is 7.12. The maximum atomic E-state index is 12.4. The van der Waals surface area contributed by atoms with Crippen LogP contribution in [0.1, 0.15) is 63.1 Å². The van der Waals surface area contributed by atoms with Crippen molar-refractivity contribution in [2.24, 2.45) is 5.41 Å². The van der Waals surface area contributed by atoms with Gasteiger partial charge in [-0.2, -0.15) is 4.98 Å². The quantitative estimate of drug-likeness (QED) is 0.528. The van der Waals surface area contributed by atoms with Crippen LogP contribution in [-0.4, -0.2) is 58.0 Å².